The third-order valence-corrected chi connectivity index (χ3v) is 6.63. The number of hydrogen-bond acceptors (Lipinski definition) is 9. The van der Waals surface area contributed by atoms with Gasteiger partial charge < -0.3 is 15.7 Å². The van der Waals surface area contributed by atoms with Crippen LogP contribution in [0.25, 0.3) is 0 Å². The van der Waals surface area contributed by atoms with Gasteiger partial charge in [0.25, 0.3) is 5.91 Å². The molecule has 1 aliphatic heterocycles. The van der Waals surface area contributed by atoms with Gasteiger partial charge in [-0.05, 0) is 36.5 Å². The summed E-state index contributed by atoms with van der Waals surface area (Å²) in [5.41, 5.74) is 1.41. The molecule has 4 N–H and O–H groups in total. The maximum atomic E-state index is 12.1. The summed E-state index contributed by atoms with van der Waals surface area (Å²) < 4.78 is 24.0. The van der Waals surface area contributed by atoms with Gasteiger partial charge >= 0.3 is 16.5 Å². The first-order valence-electron chi connectivity index (χ1n) is 11.7. The van der Waals surface area contributed by atoms with Crippen LogP contribution in [-0.4, -0.2) is 62.9 Å². The van der Waals surface area contributed by atoms with E-state index in [1.165, 1.54) is 16.9 Å². The van der Waals surface area contributed by atoms with E-state index in [0.29, 0.717) is 29.7 Å². The van der Waals surface area contributed by atoms with Gasteiger partial charge in [-0.15, -0.1) is 11.3 Å². The van der Waals surface area contributed by atoms with Gasteiger partial charge in [0, 0.05) is 24.4 Å². The van der Waals surface area contributed by atoms with E-state index < -0.39 is 35.0 Å². The highest BCUT2D eigenvalue weighted by molar-refractivity contribution is 7.61. The van der Waals surface area contributed by atoms with Gasteiger partial charge in [0.15, 0.2) is 12.0 Å². The first kappa shape index (κ1) is 29.6. The van der Waals surface area contributed by atoms with Crippen molar-refractivity contribution in [1.29, 1.82) is 0 Å². The monoisotopic (exact) mass is 549 g/mol. The zero-order valence-corrected chi connectivity index (χ0v) is 22.3. The average Bonchev–Trinajstić information content (AvgIpc) is 3.35. The fourth-order valence-corrected chi connectivity index (χ4v) is 4.37. The topological polar surface area (TPSA) is 166 Å². The zero-order valence-electron chi connectivity index (χ0n) is 20.6. The number of carbonyl (C=O) groups is 3. The molecule has 2 aromatic rings. The van der Waals surface area contributed by atoms with E-state index in [1.54, 1.807) is 12.1 Å². The van der Waals surface area contributed by atoms with Crippen molar-refractivity contribution in [1.82, 2.24) is 16.0 Å². The number of aliphatic imine (C=N–C) groups is 1. The first-order valence-corrected chi connectivity index (χ1v) is 13.5. The van der Waals surface area contributed by atoms with Crippen LogP contribution < -0.4 is 16.0 Å². The lowest BCUT2D eigenvalue weighted by atomic mass is 10.0. The summed E-state index contributed by atoms with van der Waals surface area (Å²) in [5.74, 6) is -1.06. The van der Waals surface area contributed by atoms with E-state index in [2.05, 4.69) is 63.4 Å². The molecule has 0 bridgehead atoms. The van der Waals surface area contributed by atoms with Crippen molar-refractivity contribution >= 4 is 45.6 Å². The van der Waals surface area contributed by atoms with E-state index in [9.17, 15) is 22.8 Å². The molecule has 0 radical (unpaired) electrons. The van der Waals surface area contributed by atoms with Gasteiger partial charge in [0.1, 0.15) is 0 Å². The molecule has 11 nitrogen and oxygen atoms in total. The summed E-state index contributed by atoms with van der Waals surface area (Å²) in [4.78, 5) is 40.2. The third-order valence-electron chi connectivity index (χ3n) is 5.06. The number of carboxylic acid groups (broad SMARTS) is 1. The Hall–Kier alpha value is -3.58. The van der Waals surface area contributed by atoms with Crippen LogP contribution in [0.15, 0.2) is 51.8 Å². The number of thiophene rings is 1. The second-order valence-electron chi connectivity index (χ2n) is 8.28. The largest absolute Gasteiger partial charge is 0.480 e. The number of guanidine groups is 1. The predicted octanol–water partition coefficient (Wildman–Crippen LogP) is 2.20. The highest BCUT2D eigenvalue weighted by Gasteiger charge is 2.19. The molecule has 2 amide bonds. The normalized spacial score (nSPS) is 13.2. The summed E-state index contributed by atoms with van der Waals surface area (Å²) in [7, 11) is -2.89. The lowest BCUT2D eigenvalue weighted by molar-refractivity contribution is -0.138. The third kappa shape index (κ3) is 11.3. The molecule has 0 saturated carbocycles. The quantitative estimate of drug-likeness (QED) is 0.372. The molecule has 1 aliphatic rings. The number of aliphatic carboxylic acids is 1. The van der Waals surface area contributed by atoms with Crippen LogP contribution in [-0.2, 0) is 26.5 Å². The Balaban J connectivity index is 0.000000449. The SMILES string of the molecule is CC(C)c1ccccc1.O=C(CCc1ccc(C(=O)NC[C@H](N=S(=O)=O)C(=O)O)s1)NC1=NCCCN1. The van der Waals surface area contributed by atoms with Crippen LogP contribution in [0.3, 0.4) is 0 Å². The molecule has 0 spiro atoms. The van der Waals surface area contributed by atoms with Gasteiger partial charge in [-0.3, -0.25) is 19.9 Å². The minimum atomic E-state index is -2.89. The molecule has 2 heterocycles. The number of carbonyl (C=O) groups excluding carboxylic acids is 2. The predicted molar refractivity (Wildman–Crippen MR) is 141 cm³/mol. The zero-order chi connectivity index (χ0) is 27.2. The van der Waals surface area contributed by atoms with Crippen LogP contribution in [0.2, 0.25) is 0 Å². The van der Waals surface area contributed by atoms with Crippen molar-refractivity contribution < 1.29 is 27.9 Å². The molecule has 13 heteroatoms. The highest BCUT2D eigenvalue weighted by Crippen LogP contribution is 2.18. The van der Waals surface area contributed by atoms with Crippen LogP contribution in [0.1, 0.15) is 52.7 Å². The molecule has 0 saturated heterocycles. The minimum Gasteiger partial charge on any atom is -0.480 e. The Kier molecular flexibility index (Phi) is 12.4. The Morgan fingerprint density at radius 3 is 2.46 bits per heavy atom. The molecule has 37 heavy (non-hydrogen) atoms. The fourth-order valence-electron chi connectivity index (χ4n) is 3.07. The number of amides is 2. The number of hydrogen-bond donors (Lipinski definition) is 4. The molecule has 3 rings (SSSR count). The molecule has 200 valence electrons. The Morgan fingerprint density at radius 2 is 1.89 bits per heavy atom. The molecule has 1 aromatic carbocycles. The smallest absolute Gasteiger partial charge is 0.331 e. The summed E-state index contributed by atoms with van der Waals surface area (Å²) in [6.45, 7) is 5.40. The van der Waals surface area contributed by atoms with Crippen molar-refractivity contribution in [2.45, 2.75) is 45.1 Å². The van der Waals surface area contributed by atoms with Crippen molar-refractivity contribution in [3.05, 3.63) is 57.8 Å². The molecule has 1 aromatic heterocycles. The molecule has 1 atom stereocenters. The van der Waals surface area contributed by atoms with Gasteiger partial charge in [-0.2, -0.15) is 12.8 Å². The standard InChI is InChI=1S/C15H19N5O6S2.C9H12/c21-12(19-15-16-6-1-7-17-15)5-3-9-2-4-11(27-9)13(22)18-8-10(14(23)24)20-28(25)26;1-8(2)9-6-4-3-5-7-9/h2,4,10H,1,3,5-8H2,(H,18,22)(H,23,24)(H2,16,17,19,21);3-8H,1-2H3/t10-;/m0./s1. The van der Waals surface area contributed by atoms with E-state index in [4.69, 9.17) is 5.11 Å². The van der Waals surface area contributed by atoms with Crippen molar-refractivity contribution in [2.24, 2.45) is 9.36 Å². The van der Waals surface area contributed by atoms with Crippen LogP contribution in [0, 0.1) is 0 Å². The van der Waals surface area contributed by atoms with Crippen molar-refractivity contribution in [3.8, 4) is 0 Å². The minimum absolute atomic E-state index is 0.191. The van der Waals surface area contributed by atoms with Crippen LogP contribution >= 0.6 is 11.3 Å². The molecule has 0 unspecified atom stereocenters. The Morgan fingerprint density at radius 1 is 1.16 bits per heavy atom. The second-order valence-corrected chi connectivity index (χ2v) is 10.1. The molecule has 0 aliphatic carbocycles. The number of benzene rings is 1. The van der Waals surface area contributed by atoms with Crippen LogP contribution in [0.4, 0.5) is 0 Å². The number of aryl methyl sites for hydroxylation is 1. The van der Waals surface area contributed by atoms with Crippen molar-refractivity contribution in [3.63, 3.8) is 0 Å². The summed E-state index contributed by atoms with van der Waals surface area (Å²) >= 11 is 1.17. The summed E-state index contributed by atoms with van der Waals surface area (Å²) in [6.07, 6.45) is 1.58. The van der Waals surface area contributed by atoms with E-state index in [-0.39, 0.29) is 12.3 Å². The Bertz CT molecular complexity index is 1220. The lowest BCUT2D eigenvalue weighted by Gasteiger charge is -2.14. The lowest BCUT2D eigenvalue weighted by Crippen LogP contribution is -2.43. The van der Waals surface area contributed by atoms with E-state index in [0.717, 1.165) is 17.8 Å². The van der Waals surface area contributed by atoms with E-state index >= 15 is 0 Å². The maximum absolute atomic E-state index is 12.1. The maximum Gasteiger partial charge on any atom is 0.331 e. The van der Waals surface area contributed by atoms with Gasteiger partial charge in [0.05, 0.1) is 11.4 Å². The number of nitrogens with one attached hydrogen (secondary N) is 3. The van der Waals surface area contributed by atoms with Gasteiger partial charge in [-0.1, -0.05) is 44.2 Å². The van der Waals surface area contributed by atoms with E-state index in [1.807, 2.05) is 6.07 Å². The summed E-state index contributed by atoms with van der Waals surface area (Å²) in [5, 5.41) is 16.9. The Labute approximate surface area is 221 Å². The second kappa shape index (κ2) is 15.5. The van der Waals surface area contributed by atoms with Crippen LogP contribution in [0.5, 0.6) is 0 Å². The highest BCUT2D eigenvalue weighted by atomic mass is 32.2. The fraction of sp³-hybridized carbons (Fsp3) is 0.417. The molecular formula is C24H31N5O6S2. The molecule has 0 fully saturated rings. The average molecular weight is 550 g/mol. The number of nitrogens with zero attached hydrogens (tertiary/aromatic N) is 2. The van der Waals surface area contributed by atoms with Crippen molar-refractivity contribution in [2.75, 3.05) is 19.6 Å². The number of carboxylic acids is 1. The summed E-state index contributed by atoms with van der Waals surface area (Å²) in [6, 6.07) is 12.2. The van der Waals surface area contributed by atoms with Gasteiger partial charge in [0.2, 0.25) is 5.91 Å². The molecular weight excluding hydrogens is 518 g/mol. The number of rotatable bonds is 9. The first-order chi connectivity index (χ1) is 17.7. The van der Waals surface area contributed by atoms with Gasteiger partial charge in [-0.25, -0.2) is 4.79 Å².